The molecule has 0 unspecified atom stereocenters. The van der Waals surface area contributed by atoms with Gasteiger partial charge in [-0.2, -0.15) is 0 Å². The van der Waals surface area contributed by atoms with Crippen LogP contribution in [0, 0.1) is 5.82 Å². The second kappa shape index (κ2) is 10.0. The van der Waals surface area contributed by atoms with Crippen LogP contribution in [0.15, 0.2) is 60.8 Å². The minimum absolute atomic E-state index is 0.0203. The number of ether oxygens (including phenoxy) is 1. The van der Waals surface area contributed by atoms with E-state index in [0.717, 1.165) is 0 Å². The van der Waals surface area contributed by atoms with Gasteiger partial charge in [0.15, 0.2) is 11.5 Å². The molecule has 2 aromatic heterocycles. The summed E-state index contributed by atoms with van der Waals surface area (Å²) in [6.07, 6.45) is 1.69. The lowest BCUT2D eigenvalue weighted by molar-refractivity contribution is -0.142. The van der Waals surface area contributed by atoms with Crippen molar-refractivity contribution in [3.8, 4) is 11.4 Å². The van der Waals surface area contributed by atoms with Gasteiger partial charge in [-0.05, 0) is 43.7 Å². The number of benzene rings is 2. The Morgan fingerprint density at radius 1 is 1.14 bits per heavy atom. The van der Waals surface area contributed by atoms with Gasteiger partial charge in [0, 0.05) is 30.5 Å². The molecule has 1 amide bonds. The molecule has 2 heterocycles. The molecule has 2 aromatic carbocycles. The van der Waals surface area contributed by atoms with Crippen molar-refractivity contribution in [2.24, 2.45) is 5.73 Å². The zero-order valence-corrected chi connectivity index (χ0v) is 19.7. The highest BCUT2D eigenvalue weighted by Gasteiger charge is 2.24. The summed E-state index contributed by atoms with van der Waals surface area (Å²) in [6, 6.07) is 14.8. The Morgan fingerprint density at radius 3 is 2.66 bits per heavy atom. The number of para-hydroxylation sites is 1. The standard InChI is InChI=1S/C26H26FN5O3/c1-4-35-22(33)15-17-9-5-6-12-20(17)31(3)26(34)24-21-13-8-14-32(21)30-25(29-24)19-11-7-10-18(16(2)28)23(19)27/h5-14,16H,4,15,28H2,1-3H3/t16-/m1/s1. The van der Waals surface area contributed by atoms with Crippen molar-refractivity contribution in [1.29, 1.82) is 0 Å². The maximum atomic E-state index is 15.2. The van der Waals surface area contributed by atoms with Crippen LogP contribution in [0.25, 0.3) is 16.9 Å². The highest BCUT2D eigenvalue weighted by Crippen LogP contribution is 2.27. The molecular weight excluding hydrogens is 449 g/mol. The molecule has 2 N–H and O–H groups in total. The van der Waals surface area contributed by atoms with E-state index in [1.54, 1.807) is 81.7 Å². The summed E-state index contributed by atoms with van der Waals surface area (Å²) in [5.41, 5.74) is 8.13. The predicted molar refractivity (Wildman–Crippen MR) is 130 cm³/mol. The number of halogens is 1. The van der Waals surface area contributed by atoms with Gasteiger partial charge in [-0.25, -0.2) is 13.9 Å². The van der Waals surface area contributed by atoms with Crippen molar-refractivity contribution >= 4 is 23.1 Å². The molecule has 0 aliphatic carbocycles. The van der Waals surface area contributed by atoms with E-state index in [1.807, 2.05) is 0 Å². The van der Waals surface area contributed by atoms with E-state index in [-0.39, 0.29) is 36.1 Å². The fourth-order valence-electron chi connectivity index (χ4n) is 3.90. The molecule has 180 valence electrons. The van der Waals surface area contributed by atoms with Crippen molar-refractivity contribution < 1.29 is 18.7 Å². The Labute approximate surface area is 202 Å². The lowest BCUT2D eigenvalue weighted by atomic mass is 10.0. The molecule has 1 atom stereocenters. The molecule has 0 bridgehead atoms. The number of hydrogen-bond donors (Lipinski definition) is 1. The van der Waals surface area contributed by atoms with Crippen LogP contribution in [0.2, 0.25) is 0 Å². The smallest absolute Gasteiger partial charge is 0.310 e. The number of aromatic nitrogens is 3. The number of hydrogen-bond acceptors (Lipinski definition) is 6. The van der Waals surface area contributed by atoms with Gasteiger partial charge >= 0.3 is 5.97 Å². The summed E-state index contributed by atoms with van der Waals surface area (Å²) < 4.78 is 21.8. The fraction of sp³-hybridized carbons (Fsp3) is 0.231. The minimum atomic E-state index is -0.527. The summed E-state index contributed by atoms with van der Waals surface area (Å²) in [5.74, 6) is -1.29. The predicted octanol–water partition coefficient (Wildman–Crippen LogP) is 3.94. The quantitative estimate of drug-likeness (QED) is 0.406. The molecule has 0 saturated heterocycles. The van der Waals surface area contributed by atoms with Crippen molar-refractivity contribution in [3.63, 3.8) is 0 Å². The molecule has 35 heavy (non-hydrogen) atoms. The van der Waals surface area contributed by atoms with Gasteiger partial charge in [0.25, 0.3) is 5.91 Å². The second-order valence-electron chi connectivity index (χ2n) is 8.09. The van der Waals surface area contributed by atoms with Crippen LogP contribution < -0.4 is 10.6 Å². The number of amides is 1. The van der Waals surface area contributed by atoms with Crippen LogP contribution in [-0.4, -0.2) is 40.1 Å². The number of esters is 1. The Bertz CT molecular complexity index is 1400. The summed E-state index contributed by atoms with van der Waals surface area (Å²) in [7, 11) is 1.60. The van der Waals surface area contributed by atoms with Crippen LogP contribution in [0.1, 0.15) is 41.5 Å². The van der Waals surface area contributed by atoms with Gasteiger partial charge in [0.2, 0.25) is 0 Å². The number of fused-ring (bicyclic) bond motifs is 1. The number of anilines is 1. The average molecular weight is 476 g/mol. The van der Waals surface area contributed by atoms with Gasteiger partial charge in [-0.1, -0.05) is 30.3 Å². The van der Waals surface area contributed by atoms with E-state index >= 15 is 4.39 Å². The van der Waals surface area contributed by atoms with Crippen LogP contribution in [0.3, 0.4) is 0 Å². The number of carbonyl (C=O) groups is 2. The van der Waals surface area contributed by atoms with E-state index in [0.29, 0.717) is 22.3 Å². The lowest BCUT2D eigenvalue weighted by Gasteiger charge is -2.21. The highest BCUT2D eigenvalue weighted by molar-refractivity contribution is 6.09. The van der Waals surface area contributed by atoms with Crippen LogP contribution in [0.5, 0.6) is 0 Å². The van der Waals surface area contributed by atoms with Crippen molar-refractivity contribution in [1.82, 2.24) is 14.6 Å². The van der Waals surface area contributed by atoms with Crippen LogP contribution >= 0.6 is 0 Å². The third-order valence-electron chi connectivity index (χ3n) is 5.65. The maximum absolute atomic E-state index is 15.2. The Morgan fingerprint density at radius 2 is 1.91 bits per heavy atom. The first-order valence-corrected chi connectivity index (χ1v) is 11.2. The molecule has 4 aromatic rings. The molecule has 0 fully saturated rings. The number of carbonyl (C=O) groups excluding carboxylic acids is 2. The third kappa shape index (κ3) is 4.76. The van der Waals surface area contributed by atoms with E-state index < -0.39 is 17.8 Å². The molecule has 0 radical (unpaired) electrons. The van der Waals surface area contributed by atoms with Crippen molar-refractivity contribution in [3.05, 3.63) is 83.4 Å². The lowest BCUT2D eigenvalue weighted by Crippen LogP contribution is -2.29. The van der Waals surface area contributed by atoms with E-state index in [2.05, 4.69) is 10.1 Å². The monoisotopic (exact) mass is 475 g/mol. The zero-order chi connectivity index (χ0) is 25.1. The summed E-state index contributed by atoms with van der Waals surface area (Å²) in [6.45, 7) is 3.70. The second-order valence-corrected chi connectivity index (χ2v) is 8.09. The van der Waals surface area contributed by atoms with Crippen molar-refractivity contribution in [2.75, 3.05) is 18.6 Å². The molecule has 0 spiro atoms. The summed E-state index contributed by atoms with van der Waals surface area (Å²) in [4.78, 5) is 31.6. The normalized spacial score (nSPS) is 11.9. The number of rotatable bonds is 7. The topological polar surface area (TPSA) is 103 Å². The zero-order valence-electron chi connectivity index (χ0n) is 19.7. The van der Waals surface area contributed by atoms with Gasteiger partial charge in [-0.15, -0.1) is 5.10 Å². The number of nitrogens with two attached hydrogens (primary N) is 1. The average Bonchev–Trinajstić information content (AvgIpc) is 3.32. The molecule has 0 aliphatic rings. The maximum Gasteiger partial charge on any atom is 0.310 e. The molecule has 0 saturated carbocycles. The largest absolute Gasteiger partial charge is 0.466 e. The highest BCUT2D eigenvalue weighted by atomic mass is 19.1. The van der Waals surface area contributed by atoms with Crippen molar-refractivity contribution in [2.45, 2.75) is 26.3 Å². The Hall–Kier alpha value is -4.11. The van der Waals surface area contributed by atoms with E-state index in [9.17, 15) is 9.59 Å². The third-order valence-corrected chi connectivity index (χ3v) is 5.65. The first-order valence-electron chi connectivity index (χ1n) is 11.2. The molecule has 4 rings (SSSR count). The Kier molecular flexibility index (Phi) is 6.88. The van der Waals surface area contributed by atoms with E-state index in [4.69, 9.17) is 10.5 Å². The fourth-order valence-corrected chi connectivity index (χ4v) is 3.90. The van der Waals surface area contributed by atoms with E-state index in [1.165, 1.54) is 9.42 Å². The first-order chi connectivity index (χ1) is 16.8. The first kappa shape index (κ1) is 24.0. The molecule has 9 heteroatoms. The van der Waals surface area contributed by atoms with Crippen LogP contribution in [-0.2, 0) is 16.0 Å². The summed E-state index contributed by atoms with van der Waals surface area (Å²) >= 11 is 0. The van der Waals surface area contributed by atoms with Gasteiger partial charge in [-0.3, -0.25) is 9.59 Å². The SMILES string of the molecule is CCOC(=O)Cc1ccccc1N(C)C(=O)c1nc(-c2cccc([C@@H](C)N)c2F)nn2cccc12. The molecule has 8 nitrogen and oxygen atoms in total. The number of nitrogens with zero attached hydrogens (tertiary/aromatic N) is 4. The molecule has 0 aliphatic heterocycles. The minimum Gasteiger partial charge on any atom is -0.466 e. The van der Waals surface area contributed by atoms with Gasteiger partial charge < -0.3 is 15.4 Å². The van der Waals surface area contributed by atoms with Gasteiger partial charge in [0.1, 0.15) is 5.82 Å². The van der Waals surface area contributed by atoms with Crippen LogP contribution in [0.4, 0.5) is 10.1 Å². The Balaban J connectivity index is 1.78. The van der Waals surface area contributed by atoms with Gasteiger partial charge in [0.05, 0.1) is 24.1 Å². The molecular formula is C26H26FN5O3. The summed E-state index contributed by atoms with van der Waals surface area (Å²) in [5, 5.41) is 4.41.